The number of nitrogens with zero attached hydrogens (tertiary/aromatic N) is 2. The van der Waals surface area contributed by atoms with E-state index in [2.05, 4.69) is 39.9 Å². The van der Waals surface area contributed by atoms with Gasteiger partial charge in [-0.1, -0.05) is 40.8 Å². The van der Waals surface area contributed by atoms with Gasteiger partial charge in [0.1, 0.15) is 0 Å². The summed E-state index contributed by atoms with van der Waals surface area (Å²) in [5, 5.41) is 15.0. The number of anilines is 2. The normalized spacial score (nSPS) is 28.0. The van der Waals surface area contributed by atoms with E-state index in [1.165, 1.54) is 47.9 Å². The van der Waals surface area contributed by atoms with Crippen LogP contribution in [0.15, 0.2) is 16.5 Å². The van der Waals surface area contributed by atoms with Gasteiger partial charge in [0.15, 0.2) is 4.34 Å². The van der Waals surface area contributed by atoms with Crippen LogP contribution in [-0.2, 0) is 9.59 Å². The van der Waals surface area contributed by atoms with Crippen LogP contribution in [0.1, 0.15) is 55.2 Å². The molecule has 4 aliphatic carbocycles. The molecule has 170 valence electrons. The van der Waals surface area contributed by atoms with Gasteiger partial charge in [0.05, 0.1) is 11.2 Å². The molecule has 0 unspecified atom stereocenters. The number of thioether (sulfide) groups is 1. The van der Waals surface area contributed by atoms with Crippen molar-refractivity contribution in [3.05, 3.63) is 28.8 Å². The van der Waals surface area contributed by atoms with Crippen molar-refractivity contribution in [2.24, 2.45) is 23.2 Å². The molecule has 6 rings (SSSR count). The first-order valence-corrected chi connectivity index (χ1v) is 13.3. The van der Waals surface area contributed by atoms with Crippen molar-refractivity contribution in [1.29, 1.82) is 0 Å². The number of amides is 2. The van der Waals surface area contributed by atoms with E-state index >= 15 is 0 Å². The average Bonchev–Trinajstić information content (AvgIpc) is 3.15. The first kappa shape index (κ1) is 21.9. The molecule has 4 aliphatic rings. The first-order chi connectivity index (χ1) is 15.3. The molecule has 1 aromatic carbocycles. The molecular formula is C24H30N4O2S2. The second-order valence-corrected chi connectivity index (χ2v) is 12.3. The van der Waals surface area contributed by atoms with Crippen LogP contribution in [0.3, 0.4) is 0 Å². The third kappa shape index (κ3) is 4.31. The molecule has 8 heteroatoms. The number of hydrogen-bond donors (Lipinski definition) is 2. The molecule has 0 aliphatic heterocycles. The van der Waals surface area contributed by atoms with Gasteiger partial charge in [0, 0.05) is 5.69 Å². The van der Waals surface area contributed by atoms with Crippen LogP contribution < -0.4 is 10.6 Å². The molecule has 0 atom stereocenters. The number of aromatic nitrogens is 2. The molecule has 2 amide bonds. The van der Waals surface area contributed by atoms with Crippen molar-refractivity contribution < 1.29 is 9.59 Å². The van der Waals surface area contributed by atoms with E-state index in [0.717, 1.165) is 53.8 Å². The number of benzene rings is 1. The molecule has 1 aromatic heterocycles. The highest BCUT2D eigenvalue weighted by molar-refractivity contribution is 8.01. The minimum absolute atomic E-state index is 0.0700. The number of carbonyl (C=O) groups is 2. The van der Waals surface area contributed by atoms with E-state index < -0.39 is 0 Å². The van der Waals surface area contributed by atoms with Gasteiger partial charge in [-0.25, -0.2) is 0 Å². The highest BCUT2D eigenvalue weighted by Gasteiger charge is 2.54. The summed E-state index contributed by atoms with van der Waals surface area (Å²) in [6, 6.07) is 4.14. The molecule has 4 saturated carbocycles. The van der Waals surface area contributed by atoms with Gasteiger partial charge < -0.3 is 10.6 Å². The molecule has 2 N–H and O–H groups in total. The van der Waals surface area contributed by atoms with Crippen LogP contribution in [0.2, 0.25) is 0 Å². The lowest BCUT2D eigenvalue weighted by Gasteiger charge is -2.55. The standard InChI is InChI=1S/C24H30N4O2S2/c1-13-4-14(2)20(15(3)5-13)25-19(29)12-31-23-28-27-22(32-23)26-21(30)24-9-16-6-17(10-24)8-18(7-16)11-24/h4-5,16-18H,6-12H2,1-3H3,(H,25,29)(H,26,27,30). The van der Waals surface area contributed by atoms with Crippen molar-refractivity contribution in [2.45, 2.75) is 63.6 Å². The average molecular weight is 471 g/mol. The summed E-state index contributed by atoms with van der Waals surface area (Å²) < 4.78 is 0.693. The molecule has 4 fully saturated rings. The Bertz CT molecular complexity index is 1010. The molecule has 4 bridgehead atoms. The number of aryl methyl sites for hydroxylation is 3. The van der Waals surface area contributed by atoms with Gasteiger partial charge in [-0.2, -0.15) is 0 Å². The summed E-state index contributed by atoms with van der Waals surface area (Å²) in [4.78, 5) is 25.7. The number of rotatable bonds is 6. The lowest BCUT2D eigenvalue weighted by atomic mass is 9.49. The molecular weight excluding hydrogens is 440 g/mol. The Hall–Kier alpha value is -1.93. The lowest BCUT2D eigenvalue weighted by Crippen LogP contribution is -2.51. The molecule has 2 aromatic rings. The fraction of sp³-hybridized carbons (Fsp3) is 0.583. The maximum atomic E-state index is 13.2. The van der Waals surface area contributed by atoms with Gasteiger partial charge in [0.2, 0.25) is 16.9 Å². The fourth-order valence-electron chi connectivity index (χ4n) is 6.62. The Kier molecular flexibility index (Phi) is 5.78. The van der Waals surface area contributed by atoms with Crippen molar-refractivity contribution in [2.75, 3.05) is 16.4 Å². The molecule has 32 heavy (non-hydrogen) atoms. The highest BCUT2D eigenvalue weighted by Crippen LogP contribution is 2.60. The quantitative estimate of drug-likeness (QED) is 0.439. The molecule has 0 saturated heterocycles. The van der Waals surface area contributed by atoms with E-state index in [1.807, 2.05) is 13.8 Å². The second-order valence-electron chi connectivity index (χ2n) is 10.1. The molecule has 6 nitrogen and oxygen atoms in total. The minimum Gasteiger partial charge on any atom is -0.325 e. The number of hydrogen-bond acceptors (Lipinski definition) is 6. The van der Waals surface area contributed by atoms with Crippen LogP contribution in [0.5, 0.6) is 0 Å². The monoisotopic (exact) mass is 470 g/mol. The number of carbonyl (C=O) groups excluding carboxylic acids is 2. The zero-order chi connectivity index (χ0) is 22.5. The Labute approximate surface area is 197 Å². The summed E-state index contributed by atoms with van der Waals surface area (Å²) >= 11 is 2.70. The molecule has 0 radical (unpaired) electrons. The van der Waals surface area contributed by atoms with Crippen LogP contribution in [0.25, 0.3) is 0 Å². The summed E-state index contributed by atoms with van der Waals surface area (Å²) in [5.74, 6) is 2.50. The zero-order valence-corrected chi connectivity index (χ0v) is 20.5. The minimum atomic E-state index is -0.197. The van der Waals surface area contributed by atoms with E-state index in [9.17, 15) is 9.59 Å². The summed E-state index contributed by atoms with van der Waals surface area (Å²) in [6.07, 6.45) is 7.04. The van der Waals surface area contributed by atoms with Crippen LogP contribution >= 0.6 is 23.1 Å². The van der Waals surface area contributed by atoms with E-state index in [4.69, 9.17) is 0 Å². The maximum Gasteiger partial charge on any atom is 0.234 e. The topological polar surface area (TPSA) is 84.0 Å². The van der Waals surface area contributed by atoms with Crippen molar-refractivity contribution >= 4 is 45.7 Å². The third-order valence-electron chi connectivity index (χ3n) is 7.42. The van der Waals surface area contributed by atoms with Crippen molar-refractivity contribution in [3.63, 3.8) is 0 Å². The van der Waals surface area contributed by atoms with Crippen molar-refractivity contribution in [3.8, 4) is 0 Å². The van der Waals surface area contributed by atoms with Crippen LogP contribution in [0, 0.1) is 43.9 Å². The predicted octanol–water partition coefficient (Wildman–Crippen LogP) is 5.35. The van der Waals surface area contributed by atoms with Gasteiger partial charge in [-0.3, -0.25) is 9.59 Å². The Morgan fingerprint density at radius 3 is 2.19 bits per heavy atom. The SMILES string of the molecule is Cc1cc(C)c(NC(=O)CSc2nnc(NC(=O)C34CC5CC(CC(C5)C3)C4)s2)c(C)c1. The highest BCUT2D eigenvalue weighted by atomic mass is 32.2. The Morgan fingerprint density at radius 2 is 1.59 bits per heavy atom. The fourth-order valence-corrected chi connectivity index (χ4v) is 8.16. The lowest BCUT2D eigenvalue weighted by molar-refractivity contribution is -0.140. The summed E-state index contributed by atoms with van der Waals surface area (Å²) in [7, 11) is 0. The van der Waals surface area contributed by atoms with E-state index in [1.54, 1.807) is 0 Å². The summed E-state index contributed by atoms with van der Waals surface area (Å²) in [6.45, 7) is 6.06. The largest absolute Gasteiger partial charge is 0.325 e. The van der Waals surface area contributed by atoms with Gasteiger partial charge in [-0.05, 0) is 88.2 Å². The van der Waals surface area contributed by atoms with E-state index in [-0.39, 0.29) is 23.0 Å². The first-order valence-electron chi connectivity index (χ1n) is 11.4. The van der Waals surface area contributed by atoms with E-state index in [0.29, 0.717) is 9.47 Å². The third-order valence-corrected chi connectivity index (χ3v) is 9.39. The predicted molar refractivity (Wildman–Crippen MR) is 129 cm³/mol. The van der Waals surface area contributed by atoms with Crippen LogP contribution in [-0.4, -0.2) is 27.8 Å². The van der Waals surface area contributed by atoms with Crippen molar-refractivity contribution in [1.82, 2.24) is 10.2 Å². The molecule has 0 spiro atoms. The molecule has 1 heterocycles. The zero-order valence-electron chi connectivity index (χ0n) is 18.9. The number of nitrogens with one attached hydrogen (secondary N) is 2. The van der Waals surface area contributed by atoms with Gasteiger partial charge in [0.25, 0.3) is 0 Å². The second kappa shape index (κ2) is 8.45. The van der Waals surface area contributed by atoms with Gasteiger partial charge in [-0.15, -0.1) is 10.2 Å². The Balaban J connectivity index is 1.16. The van der Waals surface area contributed by atoms with Gasteiger partial charge >= 0.3 is 0 Å². The smallest absolute Gasteiger partial charge is 0.234 e. The van der Waals surface area contributed by atoms with Crippen LogP contribution in [0.4, 0.5) is 10.8 Å². The Morgan fingerprint density at radius 1 is 1.00 bits per heavy atom. The maximum absolute atomic E-state index is 13.2. The summed E-state index contributed by atoms with van der Waals surface area (Å²) in [5.41, 5.74) is 3.99.